The number of aromatic carboxylic acids is 1. The predicted molar refractivity (Wildman–Crippen MR) is 162 cm³/mol. The van der Waals surface area contributed by atoms with E-state index in [9.17, 15) is 14.3 Å². The lowest BCUT2D eigenvalue weighted by Gasteiger charge is -2.22. The number of para-hydroxylation sites is 2. The topological polar surface area (TPSA) is 56.7 Å². The van der Waals surface area contributed by atoms with Crippen molar-refractivity contribution in [1.29, 1.82) is 0 Å². The number of carbonyl (C=O) groups is 1. The number of carboxylic acid groups (broad SMARTS) is 1. The zero-order valence-electron chi connectivity index (χ0n) is 23.5. The van der Waals surface area contributed by atoms with E-state index in [0.29, 0.717) is 22.3 Å². The van der Waals surface area contributed by atoms with Gasteiger partial charge in [0.25, 0.3) is 0 Å². The van der Waals surface area contributed by atoms with Gasteiger partial charge >= 0.3 is 5.97 Å². The molecule has 0 atom stereocenters. The van der Waals surface area contributed by atoms with Gasteiger partial charge in [0, 0.05) is 70.3 Å². The molecule has 1 aliphatic carbocycles. The van der Waals surface area contributed by atoms with Gasteiger partial charge in [0.15, 0.2) is 11.6 Å². The summed E-state index contributed by atoms with van der Waals surface area (Å²) >= 11 is 0. The van der Waals surface area contributed by atoms with Gasteiger partial charge in [-0.05, 0) is 37.3 Å². The van der Waals surface area contributed by atoms with E-state index in [1.807, 2.05) is 84.2 Å². The monoisotopic (exact) mass is 579 g/mol. The van der Waals surface area contributed by atoms with Gasteiger partial charge < -0.3 is 14.4 Å². The van der Waals surface area contributed by atoms with Crippen molar-refractivity contribution in [1.82, 2.24) is 4.58 Å². The fraction of sp³-hybridized carbons (Fsp3) is 0.0857. The molecule has 0 amide bonds. The summed E-state index contributed by atoms with van der Waals surface area (Å²) in [6.07, 6.45) is 0. The Labute approximate surface area is 245 Å². The quantitative estimate of drug-likeness (QED) is 0.127. The van der Waals surface area contributed by atoms with Crippen molar-refractivity contribution in [2.24, 2.45) is 0 Å². The third kappa shape index (κ3) is 4.70. The van der Waals surface area contributed by atoms with Crippen LogP contribution in [-0.2, 0) is 0 Å². The van der Waals surface area contributed by atoms with Crippen LogP contribution in [0.25, 0.3) is 33.4 Å². The molecule has 2 aliphatic rings. The minimum Gasteiger partial charge on any atom is -0.478 e. The Balaban J connectivity index is 1.73. The number of rotatable bonds is 5. The number of nitrogens with zero attached hydrogens (tertiary/aromatic N) is 2. The standard InChI is InChI=1S/C35H25F3N2O3/c1-20-32(36)30(31(35(41)42)34(38)33(20)37)29-25-16-14-23(39(2)21-10-6-4-7-11-21)18-27(25)43-28-19-24(15-17-26(28)29)40(3)22-12-8-5-9-13-22/h4-19H,1-3H3/p+1. The van der Waals surface area contributed by atoms with Crippen LogP contribution < -0.4 is 14.8 Å². The minimum atomic E-state index is -1.78. The maximum Gasteiger partial charge on any atom is 0.339 e. The summed E-state index contributed by atoms with van der Waals surface area (Å²) in [5.74, 6) is -5.79. The Morgan fingerprint density at radius 2 is 1.47 bits per heavy atom. The summed E-state index contributed by atoms with van der Waals surface area (Å²) in [4.78, 5) is 14.2. The molecule has 8 heteroatoms. The van der Waals surface area contributed by atoms with Gasteiger partial charge in [-0.2, -0.15) is 4.58 Å². The third-order valence-corrected chi connectivity index (χ3v) is 7.75. The van der Waals surface area contributed by atoms with E-state index in [0.717, 1.165) is 29.3 Å². The van der Waals surface area contributed by atoms with Crippen LogP contribution in [0.4, 0.5) is 30.2 Å². The number of hydrogen-bond acceptors (Lipinski definition) is 3. The molecule has 1 heterocycles. The molecule has 4 aromatic carbocycles. The van der Waals surface area contributed by atoms with E-state index in [1.165, 1.54) is 0 Å². The molecular weight excluding hydrogens is 553 g/mol. The molecule has 4 aromatic rings. The second-order valence-corrected chi connectivity index (χ2v) is 10.2. The first kappa shape index (κ1) is 27.8. The van der Waals surface area contributed by atoms with Crippen LogP contribution in [0, 0.1) is 24.4 Å². The van der Waals surface area contributed by atoms with E-state index in [2.05, 4.69) is 0 Å². The molecule has 0 radical (unpaired) electrons. The van der Waals surface area contributed by atoms with Crippen LogP contribution in [0.15, 0.2) is 101 Å². The smallest absolute Gasteiger partial charge is 0.339 e. The molecule has 1 N–H and O–H groups in total. The summed E-state index contributed by atoms with van der Waals surface area (Å²) < 4.78 is 54.1. The van der Waals surface area contributed by atoms with E-state index in [-0.39, 0.29) is 5.56 Å². The number of carboxylic acids is 1. The molecule has 214 valence electrons. The first-order valence-electron chi connectivity index (χ1n) is 13.5. The highest BCUT2D eigenvalue weighted by Crippen LogP contribution is 2.45. The first-order valence-corrected chi connectivity index (χ1v) is 13.5. The molecule has 43 heavy (non-hydrogen) atoms. The Morgan fingerprint density at radius 3 is 2.14 bits per heavy atom. The van der Waals surface area contributed by atoms with Crippen LogP contribution in [0.1, 0.15) is 15.9 Å². The summed E-state index contributed by atoms with van der Waals surface area (Å²) in [6, 6.07) is 29.7. The lowest BCUT2D eigenvalue weighted by Crippen LogP contribution is -2.21. The molecule has 0 saturated heterocycles. The Morgan fingerprint density at radius 1 is 0.791 bits per heavy atom. The zero-order chi connectivity index (χ0) is 30.4. The zero-order valence-corrected chi connectivity index (χ0v) is 23.5. The Hall–Kier alpha value is -5.37. The van der Waals surface area contributed by atoms with E-state index in [4.69, 9.17) is 4.42 Å². The van der Waals surface area contributed by atoms with Crippen molar-refractivity contribution in [2.45, 2.75) is 6.92 Å². The van der Waals surface area contributed by atoms with E-state index < -0.39 is 40.1 Å². The number of hydrogen-bond donors (Lipinski definition) is 1. The van der Waals surface area contributed by atoms with Gasteiger partial charge in [0.05, 0.1) is 6.07 Å². The third-order valence-electron chi connectivity index (χ3n) is 7.75. The molecule has 0 fully saturated rings. The Kier molecular flexibility index (Phi) is 6.98. The average molecular weight is 580 g/mol. The lowest BCUT2D eigenvalue weighted by molar-refractivity contribution is 0.0691. The molecule has 5 nitrogen and oxygen atoms in total. The normalized spacial score (nSPS) is 12.0. The molecule has 0 spiro atoms. The highest BCUT2D eigenvalue weighted by molar-refractivity contribution is 6.08. The van der Waals surface area contributed by atoms with Crippen molar-refractivity contribution < 1.29 is 27.5 Å². The molecule has 0 saturated carbocycles. The second-order valence-electron chi connectivity index (χ2n) is 10.2. The summed E-state index contributed by atoms with van der Waals surface area (Å²) in [5.41, 5.74) is 1.07. The van der Waals surface area contributed by atoms with Crippen molar-refractivity contribution in [2.75, 3.05) is 19.0 Å². The number of benzene rings is 5. The lowest BCUT2D eigenvalue weighted by atomic mass is 9.88. The minimum absolute atomic E-state index is 0.0935. The molecule has 1 aliphatic heterocycles. The van der Waals surface area contributed by atoms with Gasteiger partial charge in [-0.25, -0.2) is 18.0 Å². The predicted octanol–water partition coefficient (Wildman–Crippen LogP) is 8.13. The van der Waals surface area contributed by atoms with Gasteiger partial charge in [-0.3, -0.25) is 0 Å². The van der Waals surface area contributed by atoms with Crippen molar-refractivity contribution in [3.8, 4) is 22.5 Å². The molecule has 0 unspecified atom stereocenters. The number of anilines is 2. The van der Waals surface area contributed by atoms with Crippen LogP contribution in [0.2, 0.25) is 0 Å². The maximum atomic E-state index is 15.9. The average Bonchev–Trinajstić information content (AvgIpc) is 3.03. The highest BCUT2D eigenvalue weighted by atomic mass is 19.2. The molecular formula is C35H26F3N2O3+. The van der Waals surface area contributed by atoms with Crippen molar-refractivity contribution in [3.05, 3.63) is 131 Å². The van der Waals surface area contributed by atoms with Crippen LogP contribution >= 0.6 is 0 Å². The van der Waals surface area contributed by atoms with Gasteiger partial charge in [-0.1, -0.05) is 36.4 Å². The summed E-state index contributed by atoms with van der Waals surface area (Å²) in [7, 11) is 3.76. The fourth-order valence-electron chi connectivity index (χ4n) is 5.37. The molecule has 0 bridgehead atoms. The maximum absolute atomic E-state index is 15.9. The largest absolute Gasteiger partial charge is 0.478 e. The number of halogens is 3. The first-order chi connectivity index (χ1) is 20.7. The Bertz CT molecular complexity index is 2070. The fourth-order valence-corrected chi connectivity index (χ4v) is 5.37. The van der Waals surface area contributed by atoms with Crippen LogP contribution in [0.3, 0.4) is 0 Å². The van der Waals surface area contributed by atoms with Crippen LogP contribution in [0.5, 0.6) is 0 Å². The van der Waals surface area contributed by atoms with Crippen LogP contribution in [-0.4, -0.2) is 25.2 Å². The summed E-state index contributed by atoms with van der Waals surface area (Å²) in [6.45, 7) is 1.08. The van der Waals surface area contributed by atoms with E-state index in [1.54, 1.807) is 36.4 Å². The molecule has 0 aromatic heterocycles. The highest BCUT2D eigenvalue weighted by Gasteiger charge is 2.31. The second kappa shape index (κ2) is 10.8. The van der Waals surface area contributed by atoms with Gasteiger partial charge in [0.2, 0.25) is 11.0 Å². The number of fused-ring (bicyclic) bond motifs is 2. The van der Waals surface area contributed by atoms with E-state index >= 15 is 8.78 Å². The SMILES string of the molecule is Cc1c(F)c(F)c(C(=O)O)c(-c2c3ccc(=[N+](C)c4ccccc4)cc-3oc3cc(N(C)c4ccccc4)ccc23)c1F. The summed E-state index contributed by atoms with van der Waals surface area (Å²) in [5, 5.41) is 11.1. The van der Waals surface area contributed by atoms with Crippen molar-refractivity contribution >= 4 is 34.0 Å². The molecule has 6 rings (SSSR count). The van der Waals surface area contributed by atoms with Gasteiger partial charge in [-0.15, -0.1) is 0 Å². The van der Waals surface area contributed by atoms with Crippen molar-refractivity contribution in [3.63, 3.8) is 0 Å². The van der Waals surface area contributed by atoms with Gasteiger partial charge in [0.1, 0.15) is 29.8 Å².